The highest BCUT2D eigenvalue weighted by Gasteiger charge is 2.17. The lowest BCUT2D eigenvalue weighted by molar-refractivity contribution is 0.101. The van der Waals surface area contributed by atoms with Crippen molar-refractivity contribution in [2.45, 2.75) is 40.4 Å². The van der Waals surface area contributed by atoms with Gasteiger partial charge in [-0.3, -0.25) is 18.8 Å². The van der Waals surface area contributed by atoms with E-state index >= 15 is 0 Å². The lowest BCUT2D eigenvalue weighted by Gasteiger charge is -2.05. The molecule has 0 saturated carbocycles. The van der Waals surface area contributed by atoms with Gasteiger partial charge in [0.1, 0.15) is 5.69 Å². The van der Waals surface area contributed by atoms with E-state index in [-0.39, 0.29) is 5.91 Å². The van der Waals surface area contributed by atoms with Crippen LogP contribution >= 0.6 is 15.9 Å². The number of nitrogens with zero attached hydrogens (tertiary/aromatic N) is 6. The Morgan fingerprint density at radius 2 is 1.84 bits per heavy atom. The number of anilines is 1. The Morgan fingerprint density at radius 3 is 2.52 bits per heavy atom. The van der Waals surface area contributed by atoms with Crippen LogP contribution < -0.4 is 5.32 Å². The molecule has 3 rings (SSSR count). The molecule has 132 valence electrons. The summed E-state index contributed by atoms with van der Waals surface area (Å²) in [7, 11) is 0. The molecule has 0 radical (unpaired) electrons. The molecule has 0 fully saturated rings. The van der Waals surface area contributed by atoms with Gasteiger partial charge < -0.3 is 5.32 Å². The SMILES string of the molecule is CCn1ncc(Cn2cc(NC(=O)c3c(Br)cnn3CC)cn2)c1C. The number of nitrogens with one attached hydrogen (secondary N) is 1. The number of amides is 1. The van der Waals surface area contributed by atoms with Crippen LogP contribution in [0.3, 0.4) is 0 Å². The van der Waals surface area contributed by atoms with Gasteiger partial charge >= 0.3 is 0 Å². The highest BCUT2D eigenvalue weighted by Crippen LogP contribution is 2.18. The van der Waals surface area contributed by atoms with Crippen molar-refractivity contribution in [2.75, 3.05) is 5.32 Å². The average Bonchev–Trinajstić information content (AvgIpc) is 3.28. The van der Waals surface area contributed by atoms with Crippen LogP contribution in [-0.4, -0.2) is 35.2 Å². The van der Waals surface area contributed by atoms with E-state index in [4.69, 9.17) is 0 Å². The summed E-state index contributed by atoms with van der Waals surface area (Å²) >= 11 is 3.36. The van der Waals surface area contributed by atoms with Crippen LogP contribution in [0, 0.1) is 6.92 Å². The summed E-state index contributed by atoms with van der Waals surface area (Å²) in [5, 5.41) is 15.7. The first kappa shape index (κ1) is 17.4. The van der Waals surface area contributed by atoms with E-state index < -0.39 is 0 Å². The topological polar surface area (TPSA) is 82.6 Å². The van der Waals surface area contributed by atoms with Gasteiger partial charge in [0.05, 0.1) is 35.3 Å². The summed E-state index contributed by atoms with van der Waals surface area (Å²) in [5.74, 6) is -0.222. The predicted molar refractivity (Wildman–Crippen MR) is 97.5 cm³/mol. The quantitative estimate of drug-likeness (QED) is 0.683. The van der Waals surface area contributed by atoms with E-state index in [9.17, 15) is 4.79 Å². The second-order valence-electron chi connectivity index (χ2n) is 5.61. The zero-order chi connectivity index (χ0) is 18.0. The Bertz CT molecular complexity index is 892. The van der Waals surface area contributed by atoms with Crippen LogP contribution in [0.25, 0.3) is 0 Å². The number of carbonyl (C=O) groups is 1. The van der Waals surface area contributed by atoms with Crippen molar-refractivity contribution in [2.24, 2.45) is 0 Å². The lowest BCUT2D eigenvalue weighted by atomic mass is 10.2. The van der Waals surface area contributed by atoms with Crippen LogP contribution in [0.5, 0.6) is 0 Å². The summed E-state index contributed by atoms with van der Waals surface area (Å²) in [6.45, 7) is 8.11. The Hall–Kier alpha value is -2.42. The molecular weight excluding hydrogens is 386 g/mol. The van der Waals surface area contributed by atoms with E-state index in [0.29, 0.717) is 28.9 Å². The van der Waals surface area contributed by atoms with Gasteiger partial charge in [0.25, 0.3) is 5.91 Å². The molecule has 3 aromatic heterocycles. The molecule has 3 heterocycles. The van der Waals surface area contributed by atoms with Crippen LogP contribution in [-0.2, 0) is 19.6 Å². The smallest absolute Gasteiger partial charge is 0.275 e. The van der Waals surface area contributed by atoms with Gasteiger partial charge in [-0.05, 0) is 36.7 Å². The van der Waals surface area contributed by atoms with Gasteiger partial charge in [0, 0.05) is 30.5 Å². The van der Waals surface area contributed by atoms with Crippen molar-refractivity contribution < 1.29 is 4.79 Å². The number of hydrogen-bond acceptors (Lipinski definition) is 4. The van der Waals surface area contributed by atoms with E-state index in [1.54, 1.807) is 28.0 Å². The monoisotopic (exact) mass is 405 g/mol. The minimum Gasteiger partial charge on any atom is -0.318 e. The summed E-state index contributed by atoms with van der Waals surface area (Å²) in [6.07, 6.45) is 6.92. The fraction of sp³-hybridized carbons (Fsp3) is 0.375. The second-order valence-corrected chi connectivity index (χ2v) is 6.46. The molecule has 0 aliphatic rings. The maximum Gasteiger partial charge on any atom is 0.275 e. The first-order valence-corrected chi connectivity index (χ1v) is 8.89. The van der Waals surface area contributed by atoms with Crippen molar-refractivity contribution in [1.29, 1.82) is 0 Å². The minimum absolute atomic E-state index is 0.222. The van der Waals surface area contributed by atoms with Gasteiger partial charge in [0.15, 0.2) is 0 Å². The van der Waals surface area contributed by atoms with Gasteiger partial charge in [-0.1, -0.05) is 0 Å². The maximum absolute atomic E-state index is 12.5. The Kier molecular flexibility index (Phi) is 5.03. The molecule has 0 aromatic carbocycles. The second kappa shape index (κ2) is 7.22. The zero-order valence-electron chi connectivity index (χ0n) is 14.4. The summed E-state index contributed by atoms with van der Waals surface area (Å²) in [4.78, 5) is 12.5. The van der Waals surface area contributed by atoms with Crippen LogP contribution in [0.2, 0.25) is 0 Å². The lowest BCUT2D eigenvalue weighted by Crippen LogP contribution is -2.17. The van der Waals surface area contributed by atoms with Gasteiger partial charge in [-0.15, -0.1) is 0 Å². The molecule has 0 unspecified atom stereocenters. The molecule has 0 bridgehead atoms. The average molecular weight is 406 g/mol. The Labute approximate surface area is 154 Å². The first-order valence-electron chi connectivity index (χ1n) is 8.09. The third kappa shape index (κ3) is 3.51. The number of aromatic nitrogens is 6. The number of aryl methyl sites for hydroxylation is 2. The molecular formula is C16H20BrN7O. The fourth-order valence-electron chi connectivity index (χ4n) is 2.67. The molecule has 0 spiro atoms. The molecule has 1 amide bonds. The summed E-state index contributed by atoms with van der Waals surface area (Å²) in [6, 6.07) is 0. The Balaban J connectivity index is 1.72. The van der Waals surface area contributed by atoms with Gasteiger partial charge in [0.2, 0.25) is 0 Å². The van der Waals surface area contributed by atoms with Crippen molar-refractivity contribution in [1.82, 2.24) is 29.3 Å². The third-order valence-electron chi connectivity index (χ3n) is 4.04. The van der Waals surface area contributed by atoms with Crippen molar-refractivity contribution in [3.8, 4) is 0 Å². The molecule has 0 aliphatic heterocycles. The van der Waals surface area contributed by atoms with Gasteiger partial charge in [-0.25, -0.2) is 0 Å². The fourth-order valence-corrected chi connectivity index (χ4v) is 3.14. The van der Waals surface area contributed by atoms with E-state index in [1.165, 1.54) is 0 Å². The van der Waals surface area contributed by atoms with Gasteiger partial charge in [-0.2, -0.15) is 15.3 Å². The third-order valence-corrected chi connectivity index (χ3v) is 4.62. The predicted octanol–water partition coefficient (Wildman–Crippen LogP) is 2.69. The maximum atomic E-state index is 12.5. The highest BCUT2D eigenvalue weighted by molar-refractivity contribution is 9.10. The highest BCUT2D eigenvalue weighted by atomic mass is 79.9. The van der Waals surface area contributed by atoms with E-state index in [0.717, 1.165) is 17.8 Å². The number of rotatable bonds is 6. The number of halogens is 1. The minimum atomic E-state index is -0.222. The number of hydrogen-bond donors (Lipinski definition) is 1. The van der Waals surface area contributed by atoms with Crippen LogP contribution in [0.1, 0.15) is 35.6 Å². The van der Waals surface area contributed by atoms with Crippen LogP contribution in [0.15, 0.2) is 29.3 Å². The summed E-state index contributed by atoms with van der Waals surface area (Å²) in [5.41, 5.74) is 3.37. The Morgan fingerprint density at radius 1 is 1.12 bits per heavy atom. The summed E-state index contributed by atoms with van der Waals surface area (Å²) < 4.78 is 6.05. The first-order chi connectivity index (χ1) is 12.0. The molecule has 0 aliphatic carbocycles. The zero-order valence-corrected chi connectivity index (χ0v) is 16.0. The standard InChI is InChI=1S/C16H20BrN7O/c1-4-23-11(3)12(6-19-23)9-22-10-13(7-18-22)21-16(25)15-14(17)8-20-24(15)5-2/h6-8,10H,4-5,9H2,1-3H3,(H,21,25). The molecule has 0 atom stereocenters. The van der Waals surface area contributed by atoms with Crippen molar-refractivity contribution in [3.05, 3.63) is 46.2 Å². The van der Waals surface area contributed by atoms with E-state index in [1.807, 2.05) is 24.7 Å². The molecule has 1 N–H and O–H groups in total. The van der Waals surface area contributed by atoms with E-state index in [2.05, 4.69) is 43.5 Å². The van der Waals surface area contributed by atoms with Crippen molar-refractivity contribution >= 4 is 27.5 Å². The normalized spacial score (nSPS) is 11.0. The molecule has 0 saturated heterocycles. The van der Waals surface area contributed by atoms with Crippen molar-refractivity contribution in [3.63, 3.8) is 0 Å². The molecule has 9 heteroatoms. The molecule has 8 nitrogen and oxygen atoms in total. The van der Waals surface area contributed by atoms with Crippen LogP contribution in [0.4, 0.5) is 5.69 Å². The molecule has 3 aromatic rings. The largest absolute Gasteiger partial charge is 0.318 e. The molecule has 25 heavy (non-hydrogen) atoms. The number of carbonyl (C=O) groups excluding carboxylic acids is 1.